The highest BCUT2D eigenvalue weighted by molar-refractivity contribution is 7.93. The van der Waals surface area contributed by atoms with Crippen LogP contribution in [0, 0.1) is 0 Å². The Hall–Kier alpha value is -3.25. The Morgan fingerprint density at radius 3 is 2.39 bits per heavy atom. The van der Waals surface area contributed by atoms with Crippen molar-refractivity contribution in [2.24, 2.45) is 0 Å². The first kappa shape index (κ1) is 16.9. The average molecular weight is 390 g/mol. The highest BCUT2D eigenvalue weighted by atomic mass is 32.2. The van der Waals surface area contributed by atoms with Gasteiger partial charge in [0.2, 0.25) is 0 Å². The SMILES string of the molecule is O=CC1C(c2cccc3c2oc2ccccc23)C(=O)c2ccccc2S1(=O)=O. The number of para-hydroxylation sites is 2. The lowest BCUT2D eigenvalue weighted by Gasteiger charge is -2.28. The molecule has 3 aromatic carbocycles. The van der Waals surface area contributed by atoms with Crippen LogP contribution in [0.4, 0.5) is 0 Å². The zero-order valence-corrected chi connectivity index (χ0v) is 15.3. The predicted molar refractivity (Wildman–Crippen MR) is 104 cm³/mol. The highest BCUT2D eigenvalue weighted by Gasteiger charge is 2.47. The summed E-state index contributed by atoms with van der Waals surface area (Å²) in [5.41, 5.74) is 1.59. The van der Waals surface area contributed by atoms with Gasteiger partial charge in [-0.05, 0) is 12.1 Å². The molecule has 2 unspecified atom stereocenters. The maximum absolute atomic E-state index is 13.3. The van der Waals surface area contributed by atoms with Crippen molar-refractivity contribution < 1.29 is 22.4 Å². The van der Waals surface area contributed by atoms with Crippen molar-refractivity contribution in [3.8, 4) is 0 Å². The molecule has 0 bridgehead atoms. The molecule has 1 aromatic heterocycles. The van der Waals surface area contributed by atoms with Gasteiger partial charge in [0.1, 0.15) is 22.7 Å². The molecule has 0 N–H and O–H groups in total. The first-order chi connectivity index (χ1) is 13.5. The van der Waals surface area contributed by atoms with Crippen LogP contribution < -0.4 is 0 Å². The Bertz CT molecular complexity index is 1380. The predicted octanol–water partition coefficient (Wildman–Crippen LogP) is 3.91. The highest BCUT2D eigenvalue weighted by Crippen LogP contribution is 2.42. The van der Waals surface area contributed by atoms with Crippen LogP contribution in [0.2, 0.25) is 0 Å². The molecule has 0 amide bonds. The van der Waals surface area contributed by atoms with E-state index in [4.69, 9.17) is 4.42 Å². The van der Waals surface area contributed by atoms with Crippen molar-refractivity contribution in [1.29, 1.82) is 0 Å². The second-order valence-electron chi connectivity index (χ2n) is 6.81. The van der Waals surface area contributed by atoms with E-state index in [-0.39, 0.29) is 10.5 Å². The molecule has 28 heavy (non-hydrogen) atoms. The number of ketones is 1. The van der Waals surface area contributed by atoms with Crippen LogP contribution in [0.15, 0.2) is 76.0 Å². The van der Waals surface area contributed by atoms with Crippen LogP contribution in [-0.4, -0.2) is 25.7 Å². The lowest BCUT2D eigenvalue weighted by Crippen LogP contribution is -2.40. The number of hydrogen-bond acceptors (Lipinski definition) is 5. The van der Waals surface area contributed by atoms with Crippen LogP contribution >= 0.6 is 0 Å². The number of fused-ring (bicyclic) bond motifs is 4. The molecule has 138 valence electrons. The number of carbonyl (C=O) groups is 2. The Morgan fingerprint density at radius 1 is 0.857 bits per heavy atom. The van der Waals surface area contributed by atoms with E-state index in [0.29, 0.717) is 23.0 Å². The van der Waals surface area contributed by atoms with E-state index in [9.17, 15) is 18.0 Å². The van der Waals surface area contributed by atoms with E-state index >= 15 is 0 Å². The Balaban J connectivity index is 1.84. The minimum absolute atomic E-state index is 0.0925. The minimum atomic E-state index is -3.99. The molecule has 6 heteroatoms. The first-order valence-electron chi connectivity index (χ1n) is 8.76. The van der Waals surface area contributed by atoms with E-state index in [0.717, 1.165) is 10.8 Å². The summed E-state index contributed by atoms with van der Waals surface area (Å²) in [5.74, 6) is -1.54. The van der Waals surface area contributed by atoms with Crippen LogP contribution in [-0.2, 0) is 14.6 Å². The van der Waals surface area contributed by atoms with Gasteiger partial charge in [0, 0.05) is 21.9 Å². The summed E-state index contributed by atoms with van der Waals surface area (Å²) in [4.78, 5) is 25.0. The Labute approximate surface area is 160 Å². The summed E-state index contributed by atoms with van der Waals surface area (Å²) < 4.78 is 32.1. The van der Waals surface area contributed by atoms with Gasteiger partial charge in [0.25, 0.3) is 0 Å². The summed E-state index contributed by atoms with van der Waals surface area (Å²) in [6.45, 7) is 0. The van der Waals surface area contributed by atoms with Crippen LogP contribution in [0.5, 0.6) is 0 Å². The van der Waals surface area contributed by atoms with Gasteiger partial charge in [-0.25, -0.2) is 8.42 Å². The molecule has 2 atom stereocenters. The van der Waals surface area contributed by atoms with Crippen molar-refractivity contribution in [2.45, 2.75) is 16.1 Å². The van der Waals surface area contributed by atoms with E-state index in [1.807, 2.05) is 30.3 Å². The third-order valence-corrected chi connectivity index (χ3v) is 7.40. The molecule has 0 radical (unpaired) electrons. The summed E-state index contributed by atoms with van der Waals surface area (Å²) in [7, 11) is -3.99. The molecular formula is C22H14O5S. The number of aldehydes is 1. The largest absolute Gasteiger partial charge is 0.456 e. The van der Waals surface area contributed by atoms with Crippen molar-refractivity contribution >= 4 is 43.8 Å². The molecule has 0 spiro atoms. The van der Waals surface area contributed by atoms with Gasteiger partial charge in [-0.2, -0.15) is 0 Å². The Kier molecular flexibility index (Phi) is 3.54. The van der Waals surface area contributed by atoms with E-state index in [1.54, 1.807) is 24.3 Å². The van der Waals surface area contributed by atoms with Crippen molar-refractivity contribution in [3.05, 3.63) is 77.9 Å². The molecule has 0 aliphatic carbocycles. The summed E-state index contributed by atoms with van der Waals surface area (Å²) in [5, 5.41) is 0.157. The normalized spacial score (nSPS) is 20.9. The van der Waals surface area contributed by atoms with Gasteiger partial charge in [-0.3, -0.25) is 4.79 Å². The third-order valence-electron chi connectivity index (χ3n) is 5.33. The van der Waals surface area contributed by atoms with Gasteiger partial charge in [-0.1, -0.05) is 54.6 Å². The minimum Gasteiger partial charge on any atom is -0.456 e. The molecule has 5 nitrogen and oxygen atoms in total. The number of benzene rings is 3. The van der Waals surface area contributed by atoms with E-state index in [1.165, 1.54) is 12.1 Å². The maximum atomic E-state index is 13.3. The fraction of sp³-hybridized carbons (Fsp3) is 0.0909. The molecule has 2 heterocycles. The fourth-order valence-corrected chi connectivity index (χ4v) is 5.86. The standard InChI is InChI=1S/C22H14O5S/c23-12-19-20(21(24)15-7-2-4-11-18(15)28(19,25)26)16-9-5-8-14-13-6-1-3-10-17(13)27-22(14)16/h1-12,19-20H. The number of furan rings is 1. The summed E-state index contributed by atoms with van der Waals surface area (Å²) >= 11 is 0. The average Bonchev–Trinajstić information content (AvgIpc) is 3.09. The van der Waals surface area contributed by atoms with Gasteiger partial charge in [0.05, 0.1) is 10.8 Å². The molecule has 0 saturated carbocycles. The molecule has 4 aromatic rings. The van der Waals surface area contributed by atoms with Gasteiger partial charge in [0.15, 0.2) is 15.6 Å². The van der Waals surface area contributed by atoms with Crippen LogP contribution in [0.25, 0.3) is 21.9 Å². The van der Waals surface area contributed by atoms with Crippen molar-refractivity contribution in [1.82, 2.24) is 0 Å². The van der Waals surface area contributed by atoms with Crippen LogP contribution in [0.1, 0.15) is 21.8 Å². The molecule has 0 fully saturated rings. The van der Waals surface area contributed by atoms with E-state index < -0.39 is 26.8 Å². The maximum Gasteiger partial charge on any atom is 0.189 e. The third kappa shape index (κ3) is 2.15. The lowest BCUT2D eigenvalue weighted by molar-refractivity contribution is -0.107. The second-order valence-corrected chi connectivity index (χ2v) is 8.88. The van der Waals surface area contributed by atoms with Crippen LogP contribution in [0.3, 0.4) is 0 Å². The molecule has 5 rings (SSSR count). The number of carbonyl (C=O) groups excluding carboxylic acids is 2. The van der Waals surface area contributed by atoms with Gasteiger partial charge in [-0.15, -0.1) is 0 Å². The summed E-state index contributed by atoms with van der Waals surface area (Å²) in [6.07, 6.45) is 0.356. The zero-order chi connectivity index (χ0) is 19.5. The van der Waals surface area contributed by atoms with Crippen molar-refractivity contribution in [3.63, 3.8) is 0 Å². The van der Waals surface area contributed by atoms with E-state index in [2.05, 4.69) is 0 Å². The summed E-state index contributed by atoms with van der Waals surface area (Å²) in [6, 6.07) is 18.7. The fourth-order valence-electron chi connectivity index (χ4n) is 4.04. The topological polar surface area (TPSA) is 81.4 Å². The quantitative estimate of drug-likeness (QED) is 0.485. The number of Topliss-reactive ketones (excluding diaryl/α,β-unsaturated/α-hetero) is 1. The molecule has 1 aliphatic heterocycles. The lowest BCUT2D eigenvalue weighted by atomic mass is 9.86. The molecular weight excluding hydrogens is 376 g/mol. The monoisotopic (exact) mass is 390 g/mol. The number of sulfone groups is 1. The number of hydrogen-bond donors (Lipinski definition) is 0. The molecule has 1 aliphatic rings. The zero-order valence-electron chi connectivity index (χ0n) is 14.5. The Morgan fingerprint density at radius 2 is 1.57 bits per heavy atom. The van der Waals surface area contributed by atoms with Gasteiger partial charge >= 0.3 is 0 Å². The van der Waals surface area contributed by atoms with Gasteiger partial charge < -0.3 is 9.21 Å². The number of rotatable bonds is 2. The smallest absolute Gasteiger partial charge is 0.189 e. The molecule has 0 saturated heterocycles. The first-order valence-corrected chi connectivity index (χ1v) is 10.3. The second kappa shape index (κ2) is 5.87. The van der Waals surface area contributed by atoms with Crippen molar-refractivity contribution in [2.75, 3.05) is 0 Å².